The van der Waals surface area contributed by atoms with Gasteiger partial charge in [0.25, 0.3) is 5.91 Å². The van der Waals surface area contributed by atoms with Crippen LogP contribution in [0.25, 0.3) is 10.9 Å². The fourth-order valence-electron chi connectivity index (χ4n) is 1.98. The first kappa shape index (κ1) is 14.1. The van der Waals surface area contributed by atoms with E-state index in [1.165, 1.54) is 6.20 Å². The fourth-order valence-corrected chi connectivity index (χ4v) is 2.15. The third-order valence-electron chi connectivity index (χ3n) is 2.91. The molecule has 2 N–H and O–H groups in total. The third-order valence-corrected chi connectivity index (χ3v) is 3.15. The van der Waals surface area contributed by atoms with Gasteiger partial charge in [0.2, 0.25) is 5.91 Å². The number of carbonyl (C=O) groups excluding carboxylic acids is 2. The van der Waals surface area contributed by atoms with E-state index in [0.717, 1.165) is 10.9 Å². The minimum absolute atomic E-state index is 0.120. The molecular weight excluding hydrogens is 278 g/mol. The van der Waals surface area contributed by atoms with Crippen molar-refractivity contribution < 1.29 is 9.59 Å². The summed E-state index contributed by atoms with van der Waals surface area (Å²) in [6, 6.07) is 5.19. The number of benzene rings is 1. The molecule has 1 aromatic heterocycles. The maximum Gasteiger partial charge on any atom is 0.257 e. The van der Waals surface area contributed by atoms with E-state index in [-0.39, 0.29) is 18.4 Å². The van der Waals surface area contributed by atoms with E-state index in [4.69, 9.17) is 11.6 Å². The van der Waals surface area contributed by atoms with Crippen LogP contribution >= 0.6 is 11.6 Å². The predicted molar refractivity (Wildman–Crippen MR) is 78.7 cm³/mol. The van der Waals surface area contributed by atoms with Crippen LogP contribution in [0, 0.1) is 0 Å². The second-order valence-electron chi connectivity index (χ2n) is 4.18. The zero-order valence-corrected chi connectivity index (χ0v) is 11.7. The highest BCUT2D eigenvalue weighted by Crippen LogP contribution is 2.25. The summed E-state index contributed by atoms with van der Waals surface area (Å²) in [5, 5.41) is 6.35. The summed E-state index contributed by atoms with van der Waals surface area (Å²) >= 11 is 5.98. The zero-order valence-electron chi connectivity index (χ0n) is 10.9. The number of fused-ring (bicyclic) bond motifs is 1. The molecule has 0 bridgehead atoms. The first-order chi connectivity index (χ1) is 9.56. The number of rotatable bonds is 4. The van der Waals surface area contributed by atoms with Crippen LogP contribution in [0.5, 0.6) is 0 Å². The lowest BCUT2D eigenvalue weighted by molar-refractivity contribution is -0.121. The second kappa shape index (κ2) is 5.79. The summed E-state index contributed by atoms with van der Waals surface area (Å²) in [6.07, 6.45) is 2.95. The number of aromatic nitrogens is 1. The van der Waals surface area contributed by atoms with Crippen LogP contribution in [0.4, 0.5) is 0 Å². The Kier molecular flexibility index (Phi) is 4.10. The molecule has 2 aromatic rings. The normalized spacial score (nSPS) is 10.3. The molecule has 1 heterocycles. The van der Waals surface area contributed by atoms with Crippen LogP contribution in [-0.4, -0.2) is 23.4 Å². The molecule has 0 spiro atoms. The molecule has 0 radical (unpaired) electrons. The number of hydrogen-bond donors (Lipinski definition) is 2. The van der Waals surface area contributed by atoms with Crippen molar-refractivity contribution in [3.8, 4) is 0 Å². The van der Waals surface area contributed by atoms with Gasteiger partial charge in [-0.2, -0.15) is 0 Å². The Labute approximate surface area is 121 Å². The SMILES string of the molecule is C=CNC(=O)c1cn(CC(=O)NC)c2cc(Cl)ccc12. The standard InChI is InChI=1S/C14H14ClN3O2/c1-3-17-14(20)11-7-18(8-13(19)16-2)12-6-9(15)4-5-10(11)12/h3-7H,1,8H2,2H3,(H,16,19)(H,17,20). The number of nitrogens with zero attached hydrogens (tertiary/aromatic N) is 1. The topological polar surface area (TPSA) is 63.1 Å². The largest absolute Gasteiger partial charge is 0.358 e. The van der Waals surface area contributed by atoms with Crippen molar-refractivity contribution in [3.05, 3.63) is 47.8 Å². The molecule has 0 aliphatic carbocycles. The molecule has 0 aliphatic rings. The van der Waals surface area contributed by atoms with Crippen molar-refractivity contribution in [2.24, 2.45) is 0 Å². The lowest BCUT2D eigenvalue weighted by Gasteiger charge is -2.03. The summed E-state index contributed by atoms with van der Waals surface area (Å²) < 4.78 is 1.69. The number of hydrogen-bond acceptors (Lipinski definition) is 2. The van der Waals surface area contributed by atoms with Crippen LogP contribution in [0.1, 0.15) is 10.4 Å². The van der Waals surface area contributed by atoms with Gasteiger partial charge >= 0.3 is 0 Å². The number of nitrogens with one attached hydrogen (secondary N) is 2. The number of halogens is 1. The van der Waals surface area contributed by atoms with E-state index in [1.807, 2.05) is 0 Å². The maximum absolute atomic E-state index is 12.0. The highest BCUT2D eigenvalue weighted by atomic mass is 35.5. The summed E-state index contributed by atoms with van der Waals surface area (Å²) in [4.78, 5) is 23.5. The molecule has 20 heavy (non-hydrogen) atoms. The molecular formula is C14H14ClN3O2. The fraction of sp³-hybridized carbons (Fsp3) is 0.143. The molecule has 5 nitrogen and oxygen atoms in total. The Hall–Kier alpha value is -2.27. The Morgan fingerprint density at radius 3 is 2.85 bits per heavy atom. The molecule has 1 aromatic carbocycles. The molecule has 0 fully saturated rings. The molecule has 0 atom stereocenters. The molecule has 2 amide bonds. The molecule has 6 heteroatoms. The molecule has 0 unspecified atom stereocenters. The van der Waals surface area contributed by atoms with Crippen molar-refractivity contribution >= 4 is 34.3 Å². The van der Waals surface area contributed by atoms with Crippen LogP contribution < -0.4 is 10.6 Å². The lowest BCUT2D eigenvalue weighted by atomic mass is 10.1. The van der Waals surface area contributed by atoms with Gasteiger partial charge in [0.15, 0.2) is 0 Å². The molecule has 0 saturated carbocycles. The van der Waals surface area contributed by atoms with Gasteiger partial charge in [0, 0.05) is 23.7 Å². The van der Waals surface area contributed by atoms with Crippen LogP contribution in [0.2, 0.25) is 5.02 Å². The minimum atomic E-state index is -0.275. The van der Waals surface area contributed by atoms with Crippen molar-refractivity contribution in [2.75, 3.05) is 7.05 Å². The van der Waals surface area contributed by atoms with E-state index in [2.05, 4.69) is 17.2 Å². The van der Waals surface area contributed by atoms with Gasteiger partial charge in [-0.05, 0) is 18.3 Å². The van der Waals surface area contributed by atoms with E-state index < -0.39 is 0 Å². The second-order valence-corrected chi connectivity index (χ2v) is 4.62. The number of carbonyl (C=O) groups is 2. The maximum atomic E-state index is 12.0. The van der Waals surface area contributed by atoms with Gasteiger partial charge in [-0.1, -0.05) is 24.2 Å². The van der Waals surface area contributed by atoms with Gasteiger partial charge in [0.05, 0.1) is 11.1 Å². The van der Waals surface area contributed by atoms with E-state index in [0.29, 0.717) is 10.6 Å². The first-order valence-corrected chi connectivity index (χ1v) is 6.35. The monoisotopic (exact) mass is 291 g/mol. The molecule has 0 aliphatic heterocycles. The molecule has 2 rings (SSSR count). The number of likely N-dealkylation sites (N-methyl/N-ethyl adjacent to an activating group) is 1. The van der Waals surface area contributed by atoms with Gasteiger partial charge in [-0.3, -0.25) is 9.59 Å². The third kappa shape index (κ3) is 2.67. The van der Waals surface area contributed by atoms with E-state index in [9.17, 15) is 9.59 Å². The summed E-state index contributed by atoms with van der Waals surface area (Å²) in [5.74, 6) is -0.430. The highest BCUT2D eigenvalue weighted by Gasteiger charge is 2.15. The van der Waals surface area contributed by atoms with Crippen LogP contribution in [-0.2, 0) is 11.3 Å². The average Bonchev–Trinajstić information content (AvgIpc) is 2.77. The first-order valence-electron chi connectivity index (χ1n) is 5.97. The van der Waals surface area contributed by atoms with Crippen molar-refractivity contribution in [2.45, 2.75) is 6.54 Å². The van der Waals surface area contributed by atoms with Gasteiger partial charge in [0.1, 0.15) is 6.54 Å². The van der Waals surface area contributed by atoms with Crippen molar-refractivity contribution in [3.63, 3.8) is 0 Å². The highest BCUT2D eigenvalue weighted by molar-refractivity contribution is 6.31. The quantitative estimate of drug-likeness (QED) is 0.904. The zero-order chi connectivity index (χ0) is 14.7. The minimum Gasteiger partial charge on any atom is -0.358 e. The van der Waals surface area contributed by atoms with Crippen LogP contribution in [0.3, 0.4) is 0 Å². The predicted octanol–water partition coefficient (Wildman–Crippen LogP) is 1.91. The van der Waals surface area contributed by atoms with Crippen molar-refractivity contribution in [1.82, 2.24) is 15.2 Å². The lowest BCUT2D eigenvalue weighted by Crippen LogP contribution is -2.23. The Morgan fingerprint density at radius 1 is 1.45 bits per heavy atom. The van der Waals surface area contributed by atoms with Gasteiger partial charge in [-0.15, -0.1) is 0 Å². The summed E-state index contributed by atoms with van der Waals surface area (Å²) in [7, 11) is 1.56. The molecule has 0 saturated heterocycles. The Balaban J connectivity index is 2.56. The summed E-state index contributed by atoms with van der Waals surface area (Å²) in [5.41, 5.74) is 1.20. The Morgan fingerprint density at radius 2 is 2.20 bits per heavy atom. The van der Waals surface area contributed by atoms with E-state index >= 15 is 0 Å². The smallest absolute Gasteiger partial charge is 0.257 e. The van der Waals surface area contributed by atoms with Crippen LogP contribution in [0.15, 0.2) is 37.2 Å². The molecule has 104 valence electrons. The van der Waals surface area contributed by atoms with Crippen molar-refractivity contribution in [1.29, 1.82) is 0 Å². The van der Waals surface area contributed by atoms with Gasteiger partial charge < -0.3 is 15.2 Å². The summed E-state index contributed by atoms with van der Waals surface area (Å²) in [6.45, 7) is 3.58. The average molecular weight is 292 g/mol. The van der Waals surface area contributed by atoms with E-state index in [1.54, 1.807) is 36.0 Å². The number of amides is 2. The Bertz CT molecular complexity index is 691. The van der Waals surface area contributed by atoms with Gasteiger partial charge in [-0.25, -0.2) is 0 Å².